The number of amides is 1. The zero-order chi connectivity index (χ0) is 32.6. The second-order valence-corrected chi connectivity index (χ2v) is 11.5. The molecule has 2 fully saturated rings. The van der Waals surface area contributed by atoms with Crippen molar-refractivity contribution in [3.8, 4) is 0 Å². The van der Waals surface area contributed by atoms with Crippen LogP contribution in [0.3, 0.4) is 0 Å². The maximum Gasteiger partial charge on any atom is 0.220 e. The molecule has 0 spiro atoms. The van der Waals surface area contributed by atoms with Gasteiger partial charge in [0.25, 0.3) is 0 Å². The van der Waals surface area contributed by atoms with Crippen molar-refractivity contribution in [3.63, 3.8) is 0 Å². The van der Waals surface area contributed by atoms with Crippen molar-refractivity contribution in [2.45, 2.75) is 138 Å². The summed E-state index contributed by atoms with van der Waals surface area (Å²) >= 11 is 0. The molecular formula is C28H54N2O14. The monoisotopic (exact) mass is 642 g/mol. The molecule has 0 bridgehead atoms. The Bertz CT molecular complexity index is 781. The molecule has 0 aliphatic carbocycles. The van der Waals surface area contributed by atoms with E-state index in [2.05, 4.69) is 10.6 Å². The molecule has 2 aliphatic heterocycles. The van der Waals surface area contributed by atoms with Crippen LogP contribution < -0.4 is 10.6 Å². The number of ether oxygens (including phenoxy) is 4. The maximum atomic E-state index is 12.2. The normalized spacial score (nSPS) is 34.0. The Balaban J connectivity index is 1.44. The molecule has 44 heavy (non-hydrogen) atoms. The number of carbonyl (C=O) groups excluding carboxylic acids is 1. The molecule has 2 aliphatic rings. The average Bonchev–Trinajstić information content (AvgIpc) is 3.00. The van der Waals surface area contributed by atoms with E-state index in [-0.39, 0.29) is 25.2 Å². The van der Waals surface area contributed by atoms with Crippen molar-refractivity contribution >= 4 is 5.91 Å². The van der Waals surface area contributed by atoms with Crippen LogP contribution in [0.15, 0.2) is 0 Å². The first-order chi connectivity index (χ1) is 21.0. The number of hydrogen-bond acceptors (Lipinski definition) is 15. The molecule has 1 amide bonds. The fourth-order valence-corrected chi connectivity index (χ4v) is 5.00. The number of aliphatic hydroxyl groups excluding tert-OH is 9. The largest absolute Gasteiger partial charge is 0.394 e. The van der Waals surface area contributed by atoms with E-state index >= 15 is 0 Å². The number of unbranched alkanes of at least 4 members (excludes halogenated alkanes) is 3. The van der Waals surface area contributed by atoms with Gasteiger partial charge in [-0.05, 0) is 58.4 Å². The summed E-state index contributed by atoms with van der Waals surface area (Å²) in [6, 6.07) is -0.0125. The van der Waals surface area contributed by atoms with E-state index < -0.39 is 80.9 Å². The third kappa shape index (κ3) is 13.0. The van der Waals surface area contributed by atoms with Crippen LogP contribution in [0.1, 0.15) is 64.7 Å². The van der Waals surface area contributed by atoms with Crippen molar-refractivity contribution in [1.29, 1.82) is 0 Å². The Hall–Kier alpha value is -1.09. The first-order valence-electron chi connectivity index (χ1n) is 15.5. The Labute approximate surface area is 257 Å². The number of hydrogen-bond donors (Lipinski definition) is 11. The van der Waals surface area contributed by atoms with Crippen LogP contribution in [0.5, 0.6) is 0 Å². The molecule has 2 heterocycles. The van der Waals surface area contributed by atoms with Gasteiger partial charge in [0.1, 0.15) is 55.1 Å². The molecule has 16 heteroatoms. The van der Waals surface area contributed by atoms with E-state index in [4.69, 9.17) is 18.9 Å². The van der Waals surface area contributed by atoms with E-state index in [9.17, 15) is 50.8 Å². The van der Waals surface area contributed by atoms with Gasteiger partial charge in [-0.2, -0.15) is 0 Å². The van der Waals surface area contributed by atoms with Crippen molar-refractivity contribution < 1.29 is 69.7 Å². The highest BCUT2D eigenvalue weighted by atomic mass is 16.7. The maximum absolute atomic E-state index is 12.2. The SMILES string of the molecule is C[C@@H](CCCCNC(O)CCCCOC1OC(CO)C(O)C(O)C1O)NC(=O)CCCCOC1OC(CO)C(O)C(O)C1O. The summed E-state index contributed by atoms with van der Waals surface area (Å²) in [6.45, 7) is 1.86. The lowest BCUT2D eigenvalue weighted by molar-refractivity contribution is -0.301. The van der Waals surface area contributed by atoms with Gasteiger partial charge in [-0.1, -0.05) is 6.42 Å². The lowest BCUT2D eigenvalue weighted by Gasteiger charge is -2.39. The summed E-state index contributed by atoms with van der Waals surface area (Å²) < 4.78 is 21.4. The van der Waals surface area contributed by atoms with E-state index in [0.29, 0.717) is 45.1 Å². The molecule has 11 unspecified atom stereocenters. The average molecular weight is 643 g/mol. The fourth-order valence-electron chi connectivity index (χ4n) is 5.00. The third-order valence-corrected chi connectivity index (χ3v) is 7.78. The van der Waals surface area contributed by atoms with Crippen LogP contribution in [-0.2, 0) is 23.7 Å². The van der Waals surface area contributed by atoms with Crippen molar-refractivity contribution in [2.75, 3.05) is 33.0 Å². The molecule has 0 aromatic heterocycles. The highest BCUT2D eigenvalue weighted by Gasteiger charge is 2.45. The molecule has 2 rings (SSSR count). The first kappa shape index (κ1) is 39.1. The standard InChI is InChI=1S/C28H54N2O14/c1-16(30-20(34)10-4-7-13-42-28-26(40)24(38)22(36)18(15-32)44-28)8-2-5-11-29-19(33)9-3-6-12-41-27-25(39)23(37)21(35)17(14-31)43-27/h16-19,21-29,31-33,35-40H,2-15H2,1H3,(H,30,34)/t16-,17?,18?,19?,21?,22?,23?,24?,25?,26?,27?,28?/m0/s1. The molecule has 12 atom stereocenters. The van der Waals surface area contributed by atoms with Crippen LogP contribution in [0.25, 0.3) is 0 Å². The zero-order valence-corrected chi connectivity index (χ0v) is 25.4. The summed E-state index contributed by atoms with van der Waals surface area (Å²) in [5.41, 5.74) is 0. The minimum atomic E-state index is -1.49. The van der Waals surface area contributed by atoms with E-state index in [1.807, 2.05) is 6.92 Å². The van der Waals surface area contributed by atoms with Crippen LogP contribution in [-0.4, -0.2) is 159 Å². The quantitative estimate of drug-likeness (QED) is 0.0430. The van der Waals surface area contributed by atoms with Crippen molar-refractivity contribution in [2.24, 2.45) is 0 Å². The molecule has 16 nitrogen and oxygen atoms in total. The Morgan fingerprint density at radius 2 is 1.20 bits per heavy atom. The van der Waals surface area contributed by atoms with Gasteiger partial charge in [0, 0.05) is 25.7 Å². The van der Waals surface area contributed by atoms with Gasteiger partial charge in [0.15, 0.2) is 12.6 Å². The third-order valence-electron chi connectivity index (χ3n) is 7.78. The topological polar surface area (TPSA) is 260 Å². The fraction of sp³-hybridized carbons (Fsp3) is 0.964. The molecule has 0 aromatic carbocycles. The minimum absolute atomic E-state index is 0.0125. The second-order valence-electron chi connectivity index (χ2n) is 11.5. The molecule has 2 saturated heterocycles. The second kappa shape index (κ2) is 20.9. The highest BCUT2D eigenvalue weighted by molar-refractivity contribution is 5.76. The Kier molecular flexibility index (Phi) is 18.6. The van der Waals surface area contributed by atoms with Gasteiger partial charge in [-0.25, -0.2) is 0 Å². The molecular weight excluding hydrogens is 588 g/mol. The highest BCUT2D eigenvalue weighted by Crippen LogP contribution is 2.23. The van der Waals surface area contributed by atoms with E-state index in [1.165, 1.54) is 0 Å². The number of aliphatic hydroxyl groups is 9. The molecule has 0 radical (unpaired) electrons. The Morgan fingerprint density at radius 1 is 0.705 bits per heavy atom. The van der Waals surface area contributed by atoms with Gasteiger partial charge >= 0.3 is 0 Å². The molecule has 260 valence electrons. The van der Waals surface area contributed by atoms with Crippen LogP contribution in [0, 0.1) is 0 Å². The molecule has 11 N–H and O–H groups in total. The smallest absolute Gasteiger partial charge is 0.220 e. The van der Waals surface area contributed by atoms with Crippen LogP contribution >= 0.6 is 0 Å². The lowest BCUT2D eigenvalue weighted by atomic mass is 9.99. The van der Waals surface area contributed by atoms with Gasteiger partial charge in [0.2, 0.25) is 5.91 Å². The van der Waals surface area contributed by atoms with E-state index in [1.54, 1.807) is 0 Å². The summed E-state index contributed by atoms with van der Waals surface area (Å²) in [5.74, 6) is -0.0885. The van der Waals surface area contributed by atoms with Crippen LogP contribution in [0.2, 0.25) is 0 Å². The van der Waals surface area contributed by atoms with Gasteiger partial charge in [-0.3, -0.25) is 10.1 Å². The Morgan fingerprint density at radius 3 is 1.73 bits per heavy atom. The predicted octanol–water partition coefficient (Wildman–Crippen LogP) is -3.46. The summed E-state index contributed by atoms with van der Waals surface area (Å²) in [7, 11) is 0. The minimum Gasteiger partial charge on any atom is -0.394 e. The zero-order valence-electron chi connectivity index (χ0n) is 25.4. The molecule has 0 aromatic rings. The van der Waals surface area contributed by atoms with Gasteiger partial charge in [0.05, 0.1) is 13.2 Å². The van der Waals surface area contributed by atoms with Gasteiger partial charge < -0.3 is 70.2 Å². The lowest BCUT2D eigenvalue weighted by Crippen LogP contribution is -2.59. The summed E-state index contributed by atoms with van der Waals surface area (Å²) in [4.78, 5) is 12.2. The number of rotatable bonds is 21. The summed E-state index contributed by atoms with van der Waals surface area (Å²) in [6.07, 6.45) is -8.33. The summed E-state index contributed by atoms with van der Waals surface area (Å²) in [5, 5.41) is 93.6. The molecule has 0 saturated carbocycles. The van der Waals surface area contributed by atoms with Crippen molar-refractivity contribution in [1.82, 2.24) is 10.6 Å². The first-order valence-corrected chi connectivity index (χ1v) is 15.5. The predicted molar refractivity (Wildman–Crippen MR) is 153 cm³/mol. The van der Waals surface area contributed by atoms with Crippen LogP contribution in [0.4, 0.5) is 0 Å². The number of carbonyl (C=O) groups is 1. The van der Waals surface area contributed by atoms with Crippen molar-refractivity contribution in [3.05, 3.63) is 0 Å². The van der Waals surface area contributed by atoms with E-state index in [0.717, 1.165) is 19.3 Å². The van der Waals surface area contributed by atoms with Gasteiger partial charge in [-0.15, -0.1) is 0 Å². The number of nitrogens with one attached hydrogen (secondary N) is 2.